The lowest BCUT2D eigenvalue weighted by Gasteiger charge is -2.32. The van der Waals surface area contributed by atoms with E-state index in [1.54, 1.807) is 0 Å². The molecule has 1 fully saturated rings. The number of hydrogen-bond acceptors (Lipinski definition) is 4. The second-order valence-electron chi connectivity index (χ2n) is 5.28. The Morgan fingerprint density at radius 3 is 2.79 bits per heavy atom. The molecule has 0 aromatic carbocycles. The highest BCUT2D eigenvalue weighted by molar-refractivity contribution is 5.53. The number of pyridine rings is 1. The fourth-order valence-corrected chi connectivity index (χ4v) is 2.65. The predicted molar refractivity (Wildman–Crippen MR) is 77.2 cm³/mol. The molecule has 0 bridgehead atoms. The van der Waals surface area contributed by atoms with Gasteiger partial charge in [0.25, 0.3) is 0 Å². The number of nitrogens with two attached hydrogens (primary N) is 1. The lowest BCUT2D eigenvalue weighted by atomic mass is 10.3. The van der Waals surface area contributed by atoms with Crippen LogP contribution in [0.2, 0.25) is 0 Å². The molecule has 19 heavy (non-hydrogen) atoms. The molecule has 3 heterocycles. The summed E-state index contributed by atoms with van der Waals surface area (Å²) in [6.45, 7) is 5.67. The second kappa shape index (κ2) is 5.19. The monoisotopic (exact) mass is 259 g/mol. The number of fused-ring (bicyclic) bond motifs is 1. The lowest BCUT2D eigenvalue weighted by molar-refractivity contribution is 0.155. The average Bonchev–Trinajstić information content (AvgIpc) is 2.83. The molecule has 5 nitrogen and oxygen atoms in total. The first-order chi connectivity index (χ1) is 9.24. The molecule has 0 radical (unpaired) electrons. The minimum absolute atomic E-state index is 0.767. The molecule has 1 aliphatic rings. The third-order valence-corrected chi connectivity index (χ3v) is 3.90. The van der Waals surface area contributed by atoms with Crippen molar-refractivity contribution in [2.45, 2.75) is 6.42 Å². The maximum atomic E-state index is 6.03. The number of nitrogens with zero attached hydrogens (tertiary/aromatic N) is 4. The van der Waals surface area contributed by atoms with Gasteiger partial charge in [0.1, 0.15) is 11.6 Å². The molecule has 0 saturated carbocycles. The molecular weight excluding hydrogens is 238 g/mol. The zero-order valence-electron chi connectivity index (χ0n) is 11.4. The Kier molecular flexibility index (Phi) is 3.40. The van der Waals surface area contributed by atoms with Crippen LogP contribution in [0.1, 0.15) is 5.82 Å². The maximum absolute atomic E-state index is 6.03. The van der Waals surface area contributed by atoms with Gasteiger partial charge in [0.05, 0.1) is 11.7 Å². The van der Waals surface area contributed by atoms with Crippen molar-refractivity contribution < 1.29 is 0 Å². The standard InChI is InChI=1S/C14H21N5/c1-17-7-9-18(10-8-17)6-5-14-16-11-12-3-2-4-13(15)19(12)14/h2-4,11H,5-10,15H2,1H3. The third kappa shape index (κ3) is 2.57. The quantitative estimate of drug-likeness (QED) is 0.882. The van der Waals surface area contributed by atoms with Crippen LogP contribution in [0.5, 0.6) is 0 Å². The lowest BCUT2D eigenvalue weighted by Crippen LogP contribution is -2.45. The van der Waals surface area contributed by atoms with Crippen molar-refractivity contribution in [3.63, 3.8) is 0 Å². The molecule has 0 aliphatic carbocycles. The third-order valence-electron chi connectivity index (χ3n) is 3.90. The van der Waals surface area contributed by atoms with E-state index in [1.165, 1.54) is 0 Å². The normalized spacial score (nSPS) is 18.2. The minimum atomic E-state index is 0.767. The van der Waals surface area contributed by atoms with Crippen LogP contribution in [0, 0.1) is 0 Å². The molecular formula is C14H21N5. The van der Waals surface area contributed by atoms with E-state index < -0.39 is 0 Å². The van der Waals surface area contributed by atoms with Gasteiger partial charge in [-0.05, 0) is 19.2 Å². The molecule has 0 unspecified atom stereocenters. The van der Waals surface area contributed by atoms with Gasteiger partial charge < -0.3 is 15.5 Å². The van der Waals surface area contributed by atoms with Crippen LogP contribution in [-0.2, 0) is 6.42 Å². The first-order valence-electron chi connectivity index (χ1n) is 6.86. The molecule has 102 valence electrons. The van der Waals surface area contributed by atoms with Crippen molar-refractivity contribution in [1.82, 2.24) is 19.2 Å². The number of aromatic nitrogens is 2. The molecule has 0 amide bonds. The van der Waals surface area contributed by atoms with Crippen LogP contribution in [0.25, 0.3) is 5.52 Å². The molecule has 0 atom stereocenters. The van der Waals surface area contributed by atoms with Gasteiger partial charge in [-0.2, -0.15) is 0 Å². The summed E-state index contributed by atoms with van der Waals surface area (Å²) < 4.78 is 2.05. The fraction of sp³-hybridized carbons (Fsp3) is 0.500. The molecule has 1 aliphatic heterocycles. The average molecular weight is 259 g/mol. The highest BCUT2D eigenvalue weighted by Gasteiger charge is 2.14. The summed E-state index contributed by atoms with van der Waals surface area (Å²) in [5, 5.41) is 0. The summed E-state index contributed by atoms with van der Waals surface area (Å²) in [4.78, 5) is 9.38. The summed E-state index contributed by atoms with van der Waals surface area (Å²) in [6.07, 6.45) is 2.85. The number of likely N-dealkylation sites (N-methyl/N-ethyl adjacent to an activating group) is 1. The number of hydrogen-bond donors (Lipinski definition) is 1. The predicted octanol–water partition coefficient (Wildman–Crippen LogP) is 0.706. The van der Waals surface area contributed by atoms with Crippen molar-refractivity contribution >= 4 is 11.3 Å². The van der Waals surface area contributed by atoms with Gasteiger partial charge in [0.15, 0.2) is 0 Å². The largest absolute Gasteiger partial charge is 0.385 e. The van der Waals surface area contributed by atoms with Crippen LogP contribution >= 0.6 is 0 Å². The van der Waals surface area contributed by atoms with E-state index in [-0.39, 0.29) is 0 Å². The Morgan fingerprint density at radius 2 is 2.00 bits per heavy atom. The van der Waals surface area contributed by atoms with Crippen molar-refractivity contribution in [1.29, 1.82) is 0 Å². The Labute approximate surface area is 113 Å². The van der Waals surface area contributed by atoms with Crippen LogP contribution < -0.4 is 5.73 Å². The Bertz CT molecular complexity index is 554. The number of imidazole rings is 1. The van der Waals surface area contributed by atoms with E-state index in [4.69, 9.17) is 5.73 Å². The summed E-state index contributed by atoms with van der Waals surface area (Å²) in [7, 11) is 2.18. The van der Waals surface area contributed by atoms with E-state index in [1.807, 2.05) is 24.4 Å². The highest BCUT2D eigenvalue weighted by Crippen LogP contribution is 2.13. The summed E-state index contributed by atoms with van der Waals surface area (Å²) in [5.74, 6) is 1.83. The zero-order valence-corrected chi connectivity index (χ0v) is 11.4. The molecule has 2 aromatic heterocycles. The van der Waals surface area contributed by atoms with Crippen LogP contribution in [0.15, 0.2) is 24.4 Å². The van der Waals surface area contributed by atoms with E-state index in [9.17, 15) is 0 Å². The fourth-order valence-electron chi connectivity index (χ4n) is 2.65. The van der Waals surface area contributed by atoms with Gasteiger partial charge in [-0.15, -0.1) is 0 Å². The van der Waals surface area contributed by atoms with Gasteiger partial charge in [-0.3, -0.25) is 4.40 Å². The van der Waals surface area contributed by atoms with Crippen molar-refractivity contribution in [2.75, 3.05) is 45.5 Å². The van der Waals surface area contributed by atoms with Crippen LogP contribution in [0.4, 0.5) is 5.82 Å². The minimum Gasteiger partial charge on any atom is -0.385 e. The van der Waals surface area contributed by atoms with Gasteiger partial charge in [-0.25, -0.2) is 4.98 Å². The number of anilines is 1. The second-order valence-corrected chi connectivity index (χ2v) is 5.28. The molecule has 1 saturated heterocycles. The number of rotatable bonds is 3. The summed E-state index contributed by atoms with van der Waals surface area (Å²) >= 11 is 0. The summed E-state index contributed by atoms with van der Waals surface area (Å²) in [6, 6.07) is 5.94. The zero-order chi connectivity index (χ0) is 13.2. The smallest absolute Gasteiger partial charge is 0.116 e. The van der Waals surface area contributed by atoms with E-state index >= 15 is 0 Å². The van der Waals surface area contributed by atoms with Gasteiger partial charge >= 0.3 is 0 Å². The van der Waals surface area contributed by atoms with Crippen LogP contribution in [0.3, 0.4) is 0 Å². The first kappa shape index (κ1) is 12.4. The number of nitrogen functional groups attached to an aromatic ring is 1. The van der Waals surface area contributed by atoms with Crippen molar-refractivity contribution in [3.05, 3.63) is 30.2 Å². The van der Waals surface area contributed by atoms with Gasteiger partial charge in [0.2, 0.25) is 0 Å². The van der Waals surface area contributed by atoms with E-state index in [0.29, 0.717) is 0 Å². The van der Waals surface area contributed by atoms with Crippen molar-refractivity contribution in [2.24, 2.45) is 0 Å². The van der Waals surface area contributed by atoms with E-state index in [0.717, 1.165) is 56.3 Å². The Hall–Kier alpha value is -1.59. The Balaban J connectivity index is 1.69. The molecule has 0 spiro atoms. The maximum Gasteiger partial charge on any atom is 0.116 e. The SMILES string of the molecule is CN1CCN(CCc2ncc3cccc(N)n23)CC1. The number of piperazine rings is 1. The van der Waals surface area contributed by atoms with Crippen molar-refractivity contribution in [3.8, 4) is 0 Å². The molecule has 2 aromatic rings. The topological polar surface area (TPSA) is 49.8 Å². The highest BCUT2D eigenvalue weighted by atomic mass is 15.2. The van der Waals surface area contributed by atoms with E-state index in [2.05, 4.69) is 26.2 Å². The Morgan fingerprint density at radius 1 is 1.21 bits per heavy atom. The molecule has 2 N–H and O–H groups in total. The van der Waals surface area contributed by atoms with Crippen LogP contribution in [-0.4, -0.2) is 59.0 Å². The molecule has 5 heteroatoms. The van der Waals surface area contributed by atoms with Gasteiger partial charge in [-0.1, -0.05) is 6.07 Å². The van der Waals surface area contributed by atoms with Gasteiger partial charge in [0, 0.05) is 39.1 Å². The first-order valence-corrected chi connectivity index (χ1v) is 6.86. The summed E-state index contributed by atoms with van der Waals surface area (Å²) in [5.41, 5.74) is 7.11. The molecule has 3 rings (SSSR count).